The second-order valence-electron chi connectivity index (χ2n) is 8.31. The van der Waals surface area contributed by atoms with Crippen LogP contribution in [0.25, 0.3) is 0 Å². The van der Waals surface area contributed by atoms with E-state index >= 15 is 0 Å². The van der Waals surface area contributed by atoms with Crippen LogP contribution in [0, 0.1) is 0 Å². The Balaban J connectivity index is 1.47. The molecule has 1 saturated heterocycles. The third-order valence-electron chi connectivity index (χ3n) is 5.97. The van der Waals surface area contributed by atoms with Gasteiger partial charge in [-0.15, -0.1) is 0 Å². The first-order valence-corrected chi connectivity index (χ1v) is 12.2. The van der Waals surface area contributed by atoms with Crippen molar-refractivity contribution in [1.29, 1.82) is 0 Å². The molecule has 1 fully saturated rings. The fourth-order valence-corrected chi connectivity index (χ4v) is 5.44. The maximum absolute atomic E-state index is 12.6. The van der Waals surface area contributed by atoms with Gasteiger partial charge in [0.2, 0.25) is 10.0 Å². The first-order chi connectivity index (χ1) is 13.8. The molecule has 2 N–H and O–H groups in total. The molecule has 0 bridgehead atoms. The molecule has 0 aromatic carbocycles. The second-order valence-corrected chi connectivity index (χ2v) is 10.3. The Morgan fingerprint density at radius 1 is 1.31 bits per heavy atom. The SMILES string of the molecule is C[C@@H]1CCC[C@H](C)N1C[C@@H](O)CNS(=O)(=O)C1C=CC(OC2=CC=CCC2)=CC1. The van der Waals surface area contributed by atoms with Gasteiger partial charge in [-0.3, -0.25) is 4.90 Å². The summed E-state index contributed by atoms with van der Waals surface area (Å²) in [6, 6.07) is 0.842. The minimum Gasteiger partial charge on any atom is -0.462 e. The molecule has 0 amide bonds. The number of hydrogen-bond donors (Lipinski definition) is 2. The maximum Gasteiger partial charge on any atom is 0.218 e. The second kappa shape index (κ2) is 10.1. The van der Waals surface area contributed by atoms with Crippen molar-refractivity contribution in [2.75, 3.05) is 13.1 Å². The summed E-state index contributed by atoms with van der Waals surface area (Å²) in [5.74, 6) is 1.58. The van der Waals surface area contributed by atoms with Gasteiger partial charge in [0.25, 0.3) is 0 Å². The number of likely N-dealkylation sites (tertiary alicyclic amines) is 1. The lowest BCUT2D eigenvalue weighted by Crippen LogP contribution is -2.50. The molecule has 3 rings (SSSR count). The number of allylic oxidation sites excluding steroid dienone is 6. The summed E-state index contributed by atoms with van der Waals surface area (Å²) in [6.45, 7) is 4.87. The zero-order chi connectivity index (χ0) is 20.9. The molecule has 3 aliphatic rings. The zero-order valence-corrected chi connectivity index (χ0v) is 18.3. The van der Waals surface area contributed by atoms with E-state index in [0.717, 1.165) is 31.4 Å². The highest BCUT2D eigenvalue weighted by molar-refractivity contribution is 7.90. The number of rotatable bonds is 8. The summed E-state index contributed by atoms with van der Waals surface area (Å²) >= 11 is 0. The molecular formula is C22H34N2O4S. The monoisotopic (exact) mass is 422 g/mol. The molecule has 7 heteroatoms. The number of nitrogens with one attached hydrogen (secondary N) is 1. The summed E-state index contributed by atoms with van der Waals surface area (Å²) < 4.78 is 33.7. The molecule has 4 atom stereocenters. The third-order valence-corrected chi connectivity index (χ3v) is 7.68. The van der Waals surface area contributed by atoms with Crippen molar-refractivity contribution >= 4 is 10.0 Å². The van der Waals surface area contributed by atoms with E-state index in [1.54, 1.807) is 12.2 Å². The van der Waals surface area contributed by atoms with Crippen molar-refractivity contribution in [1.82, 2.24) is 9.62 Å². The van der Waals surface area contributed by atoms with Gasteiger partial charge in [-0.05, 0) is 57.8 Å². The van der Waals surface area contributed by atoms with Gasteiger partial charge in [-0.1, -0.05) is 24.6 Å². The highest BCUT2D eigenvalue weighted by Gasteiger charge is 2.28. The van der Waals surface area contributed by atoms with Gasteiger partial charge >= 0.3 is 0 Å². The Kier molecular flexibility index (Phi) is 7.73. The molecule has 29 heavy (non-hydrogen) atoms. The Bertz CT molecular complexity index is 775. The van der Waals surface area contributed by atoms with E-state index in [-0.39, 0.29) is 6.54 Å². The van der Waals surface area contributed by atoms with E-state index in [1.165, 1.54) is 6.42 Å². The Morgan fingerprint density at radius 2 is 2.07 bits per heavy atom. The predicted octanol–water partition coefficient (Wildman–Crippen LogP) is 2.99. The molecule has 0 spiro atoms. The number of piperidine rings is 1. The number of aliphatic hydroxyl groups is 1. The summed E-state index contributed by atoms with van der Waals surface area (Å²) in [7, 11) is -3.54. The minimum atomic E-state index is -3.54. The molecule has 1 unspecified atom stereocenters. The number of ether oxygens (including phenoxy) is 1. The van der Waals surface area contributed by atoms with E-state index < -0.39 is 21.4 Å². The molecule has 1 heterocycles. The molecule has 6 nitrogen and oxygen atoms in total. The van der Waals surface area contributed by atoms with Gasteiger partial charge in [0.15, 0.2) is 0 Å². The standard InChI is InChI=1S/C22H34N2O4S/c1-17-7-6-8-18(2)24(17)16-19(25)15-23-29(26,27)22-13-11-21(12-14-22)28-20-9-4-3-5-10-20/h3-4,9,11-13,17-19,22-23,25H,5-8,10,14-16H2,1-2H3/t17-,18+,19-,22?/m0/s1. The molecule has 1 aliphatic heterocycles. The highest BCUT2D eigenvalue weighted by Crippen LogP contribution is 2.24. The maximum atomic E-state index is 12.6. The number of hydrogen-bond acceptors (Lipinski definition) is 5. The van der Waals surface area contributed by atoms with E-state index in [0.29, 0.717) is 30.8 Å². The van der Waals surface area contributed by atoms with Crippen molar-refractivity contribution < 1.29 is 18.3 Å². The van der Waals surface area contributed by atoms with Crippen LogP contribution in [-0.2, 0) is 14.8 Å². The first-order valence-electron chi connectivity index (χ1n) is 10.7. The number of aliphatic hydroxyl groups excluding tert-OH is 1. The Hall–Kier alpha value is -1.41. The van der Waals surface area contributed by atoms with Gasteiger partial charge in [0, 0.05) is 31.6 Å². The van der Waals surface area contributed by atoms with E-state index in [9.17, 15) is 13.5 Å². The lowest BCUT2D eigenvalue weighted by molar-refractivity contribution is 0.0438. The fraction of sp³-hybridized carbons (Fsp3) is 0.636. The Morgan fingerprint density at radius 3 is 2.69 bits per heavy atom. The average molecular weight is 423 g/mol. The predicted molar refractivity (Wildman–Crippen MR) is 116 cm³/mol. The number of β-amino-alcohol motifs (C(OH)–C–C–N with tert-alkyl or cyclic N) is 1. The lowest BCUT2D eigenvalue weighted by atomic mass is 9.97. The van der Waals surface area contributed by atoms with Crippen LogP contribution in [0.4, 0.5) is 0 Å². The van der Waals surface area contributed by atoms with Crippen LogP contribution < -0.4 is 4.72 Å². The van der Waals surface area contributed by atoms with Crippen molar-refractivity contribution in [3.05, 3.63) is 48.0 Å². The molecule has 2 aliphatic carbocycles. The van der Waals surface area contributed by atoms with Gasteiger partial charge in [0.05, 0.1) is 11.4 Å². The average Bonchev–Trinajstić information content (AvgIpc) is 2.71. The number of sulfonamides is 1. The molecule has 0 radical (unpaired) electrons. The van der Waals surface area contributed by atoms with Crippen LogP contribution in [0.2, 0.25) is 0 Å². The smallest absolute Gasteiger partial charge is 0.218 e. The van der Waals surface area contributed by atoms with Crippen LogP contribution >= 0.6 is 0 Å². The van der Waals surface area contributed by atoms with Crippen LogP contribution in [0.5, 0.6) is 0 Å². The summed E-state index contributed by atoms with van der Waals surface area (Å²) in [6.07, 6.45) is 16.1. The van der Waals surface area contributed by atoms with Gasteiger partial charge in [-0.25, -0.2) is 13.1 Å². The van der Waals surface area contributed by atoms with E-state index in [2.05, 4.69) is 29.5 Å². The molecular weight excluding hydrogens is 388 g/mol. The van der Waals surface area contributed by atoms with E-state index in [4.69, 9.17) is 4.74 Å². The zero-order valence-electron chi connectivity index (χ0n) is 17.5. The van der Waals surface area contributed by atoms with Crippen molar-refractivity contribution in [3.8, 4) is 0 Å². The lowest BCUT2D eigenvalue weighted by Gasteiger charge is -2.40. The first kappa shape index (κ1) is 22.3. The van der Waals surface area contributed by atoms with Gasteiger partial charge in [0.1, 0.15) is 11.5 Å². The summed E-state index contributed by atoms with van der Waals surface area (Å²) in [4.78, 5) is 2.28. The molecule has 0 saturated carbocycles. The highest BCUT2D eigenvalue weighted by atomic mass is 32.2. The topological polar surface area (TPSA) is 78.9 Å². The summed E-state index contributed by atoms with van der Waals surface area (Å²) in [5.41, 5.74) is 0. The van der Waals surface area contributed by atoms with Crippen LogP contribution in [0.15, 0.2) is 48.0 Å². The van der Waals surface area contributed by atoms with Crippen LogP contribution in [-0.4, -0.2) is 55.0 Å². The van der Waals surface area contributed by atoms with Crippen molar-refractivity contribution in [2.45, 2.75) is 75.8 Å². The number of nitrogens with zero attached hydrogens (tertiary/aromatic N) is 1. The van der Waals surface area contributed by atoms with Gasteiger partial charge < -0.3 is 9.84 Å². The molecule has 162 valence electrons. The summed E-state index contributed by atoms with van der Waals surface area (Å²) in [5, 5.41) is 9.75. The minimum absolute atomic E-state index is 0.0366. The third kappa shape index (κ3) is 6.28. The molecule has 0 aromatic heterocycles. The Labute approximate surface area is 175 Å². The van der Waals surface area contributed by atoms with E-state index in [1.807, 2.05) is 18.2 Å². The largest absolute Gasteiger partial charge is 0.462 e. The molecule has 0 aromatic rings. The van der Waals surface area contributed by atoms with Crippen LogP contribution in [0.1, 0.15) is 52.4 Å². The van der Waals surface area contributed by atoms with Gasteiger partial charge in [-0.2, -0.15) is 0 Å². The van der Waals surface area contributed by atoms with Crippen molar-refractivity contribution in [2.24, 2.45) is 0 Å². The van der Waals surface area contributed by atoms with Crippen LogP contribution in [0.3, 0.4) is 0 Å². The quantitative estimate of drug-likeness (QED) is 0.629. The van der Waals surface area contributed by atoms with Crippen molar-refractivity contribution in [3.63, 3.8) is 0 Å². The fourth-order valence-electron chi connectivity index (χ4n) is 4.17. The normalized spacial score (nSPS) is 29.3.